The quantitative estimate of drug-likeness (QED) is 0.590. The zero-order chi connectivity index (χ0) is 23.6. The summed E-state index contributed by atoms with van der Waals surface area (Å²) in [5.74, 6) is 0.660. The van der Waals surface area contributed by atoms with E-state index in [1.165, 1.54) is 11.3 Å². The van der Waals surface area contributed by atoms with Crippen LogP contribution >= 0.6 is 0 Å². The summed E-state index contributed by atoms with van der Waals surface area (Å²) in [6.45, 7) is 15.5. The summed E-state index contributed by atoms with van der Waals surface area (Å²) in [5, 5.41) is 19.1. The number of carbonyl (C=O) groups is 1. The van der Waals surface area contributed by atoms with Crippen LogP contribution in [0.4, 0.5) is 4.79 Å². The maximum absolute atomic E-state index is 10.6. The molecule has 3 rings (SSSR count). The van der Waals surface area contributed by atoms with Crippen molar-refractivity contribution in [2.75, 3.05) is 6.54 Å². The lowest BCUT2D eigenvalue weighted by molar-refractivity contribution is -0.0371. The molecule has 4 N–H and O–H groups in total. The van der Waals surface area contributed by atoms with Gasteiger partial charge in [-0.15, -0.1) is 6.58 Å². The molecule has 31 heavy (non-hydrogen) atoms. The summed E-state index contributed by atoms with van der Waals surface area (Å²) in [7, 11) is 0. The number of nitrogens with zero attached hydrogens (tertiary/aromatic N) is 2. The monoisotopic (exact) mass is 433 g/mol. The van der Waals surface area contributed by atoms with Crippen molar-refractivity contribution in [3.63, 3.8) is 0 Å². The van der Waals surface area contributed by atoms with E-state index in [1.807, 2.05) is 47.6 Å². The SMILES string of the molecule is C=CCN(C(=O)O)C(C)(C)C.CC(C)(C)C(O)c1cnc2c(c1)[C@@H](N)CC1(CCC1)O2. The zero-order valence-corrected chi connectivity index (χ0v) is 19.8. The van der Waals surface area contributed by atoms with Gasteiger partial charge < -0.3 is 20.7 Å². The minimum atomic E-state index is -0.905. The van der Waals surface area contributed by atoms with Crippen LogP contribution in [0.25, 0.3) is 0 Å². The van der Waals surface area contributed by atoms with Gasteiger partial charge in [0.2, 0.25) is 5.88 Å². The molecule has 1 aliphatic carbocycles. The van der Waals surface area contributed by atoms with E-state index in [0.717, 1.165) is 30.4 Å². The van der Waals surface area contributed by atoms with Crippen LogP contribution in [-0.4, -0.2) is 43.9 Å². The van der Waals surface area contributed by atoms with Crippen molar-refractivity contribution in [3.05, 3.63) is 36.0 Å². The highest BCUT2D eigenvalue weighted by atomic mass is 16.5. The highest BCUT2D eigenvalue weighted by Crippen LogP contribution is 2.48. The molecule has 0 bridgehead atoms. The summed E-state index contributed by atoms with van der Waals surface area (Å²) >= 11 is 0. The standard InChI is InChI=1S/C16H24N2O2.C8H15NO2/c1-15(2,3)13(19)10-7-11-12(17)8-16(5-4-6-16)20-14(11)18-9-10;1-5-6-9(7(10)11)8(2,3)4/h7,9,12-13,19H,4-6,8,17H2,1-3H3;5H,1,6H2,2-4H3,(H,10,11)/t12-,13?;/m0./s1. The number of aliphatic hydroxyl groups excluding tert-OH is 1. The van der Waals surface area contributed by atoms with E-state index in [1.54, 1.807) is 12.3 Å². The average Bonchev–Trinajstić information content (AvgIpc) is 2.62. The fourth-order valence-corrected chi connectivity index (χ4v) is 3.89. The number of hydrogen-bond acceptors (Lipinski definition) is 5. The molecule has 1 unspecified atom stereocenters. The van der Waals surface area contributed by atoms with Gasteiger partial charge in [-0.05, 0) is 57.1 Å². The second-order valence-corrected chi connectivity index (χ2v) is 10.7. The van der Waals surface area contributed by atoms with Crippen molar-refractivity contribution >= 4 is 6.09 Å². The van der Waals surface area contributed by atoms with E-state index in [-0.39, 0.29) is 22.6 Å². The maximum atomic E-state index is 10.6. The molecule has 1 fully saturated rings. The summed E-state index contributed by atoms with van der Waals surface area (Å²) in [6.07, 6.45) is 6.07. The molecule has 7 nitrogen and oxygen atoms in total. The fourth-order valence-electron chi connectivity index (χ4n) is 3.89. The molecule has 0 saturated heterocycles. The Morgan fingerprint density at radius 2 is 2.00 bits per heavy atom. The number of ether oxygens (including phenoxy) is 1. The van der Waals surface area contributed by atoms with Gasteiger partial charge in [-0.25, -0.2) is 9.78 Å². The van der Waals surface area contributed by atoms with Gasteiger partial charge in [-0.3, -0.25) is 4.90 Å². The summed E-state index contributed by atoms with van der Waals surface area (Å²) < 4.78 is 6.07. The molecule has 1 aliphatic heterocycles. The van der Waals surface area contributed by atoms with Crippen molar-refractivity contribution in [1.82, 2.24) is 9.88 Å². The first kappa shape index (κ1) is 25.1. The Balaban J connectivity index is 0.000000267. The summed E-state index contributed by atoms with van der Waals surface area (Å²) in [5.41, 5.74) is 7.43. The topological polar surface area (TPSA) is 109 Å². The molecule has 1 aromatic rings. The Labute approximate surface area is 186 Å². The Morgan fingerprint density at radius 3 is 2.39 bits per heavy atom. The molecule has 2 aliphatic rings. The normalized spacial score (nSPS) is 20.3. The Morgan fingerprint density at radius 1 is 1.39 bits per heavy atom. The van der Waals surface area contributed by atoms with Gasteiger partial charge in [0.25, 0.3) is 0 Å². The molecule has 0 aromatic carbocycles. The lowest BCUT2D eigenvalue weighted by Gasteiger charge is -2.46. The third kappa shape index (κ3) is 5.98. The molecule has 7 heteroatoms. The average molecular weight is 434 g/mol. The second kappa shape index (κ2) is 9.17. The molecular weight excluding hydrogens is 394 g/mol. The van der Waals surface area contributed by atoms with Crippen LogP contribution in [0.3, 0.4) is 0 Å². The molecular formula is C24H39N3O4. The van der Waals surface area contributed by atoms with Gasteiger partial charge in [0.1, 0.15) is 5.60 Å². The van der Waals surface area contributed by atoms with Crippen molar-refractivity contribution in [3.8, 4) is 5.88 Å². The second-order valence-electron chi connectivity index (χ2n) is 10.7. The largest absolute Gasteiger partial charge is 0.471 e. The first-order chi connectivity index (χ1) is 14.2. The number of pyridine rings is 1. The van der Waals surface area contributed by atoms with Gasteiger partial charge >= 0.3 is 6.09 Å². The van der Waals surface area contributed by atoms with Crippen molar-refractivity contribution in [2.24, 2.45) is 11.1 Å². The van der Waals surface area contributed by atoms with Crippen molar-refractivity contribution in [2.45, 2.75) is 90.5 Å². The molecule has 1 spiro atoms. The third-order valence-electron chi connectivity index (χ3n) is 5.96. The fraction of sp³-hybridized carbons (Fsp3) is 0.667. The lowest BCUT2D eigenvalue weighted by atomic mass is 9.73. The third-order valence-corrected chi connectivity index (χ3v) is 5.96. The minimum Gasteiger partial charge on any atom is -0.471 e. The highest BCUT2D eigenvalue weighted by molar-refractivity contribution is 5.66. The number of nitrogens with two attached hydrogens (primary N) is 1. The Hall–Kier alpha value is -2.12. The van der Waals surface area contributed by atoms with E-state index in [2.05, 4.69) is 11.6 Å². The predicted molar refractivity (Wildman–Crippen MR) is 122 cm³/mol. The van der Waals surface area contributed by atoms with E-state index in [0.29, 0.717) is 12.4 Å². The first-order valence-electron chi connectivity index (χ1n) is 10.9. The smallest absolute Gasteiger partial charge is 0.408 e. The Kier molecular flexibility index (Phi) is 7.43. The van der Waals surface area contributed by atoms with Crippen LogP contribution in [0.5, 0.6) is 5.88 Å². The van der Waals surface area contributed by atoms with Gasteiger partial charge in [0.15, 0.2) is 0 Å². The summed E-state index contributed by atoms with van der Waals surface area (Å²) in [6, 6.07) is 1.92. The highest BCUT2D eigenvalue weighted by Gasteiger charge is 2.45. The number of amides is 1. The number of carboxylic acid groups (broad SMARTS) is 1. The molecule has 1 aromatic heterocycles. The van der Waals surface area contributed by atoms with Crippen molar-refractivity contribution < 1.29 is 19.7 Å². The van der Waals surface area contributed by atoms with E-state index in [4.69, 9.17) is 15.6 Å². The van der Waals surface area contributed by atoms with Crippen LogP contribution in [-0.2, 0) is 0 Å². The lowest BCUT2D eigenvalue weighted by Crippen LogP contribution is -2.48. The van der Waals surface area contributed by atoms with Crippen molar-refractivity contribution in [1.29, 1.82) is 0 Å². The van der Waals surface area contributed by atoms with Gasteiger partial charge in [-0.1, -0.05) is 26.8 Å². The minimum absolute atomic E-state index is 0.0429. The molecule has 0 radical (unpaired) electrons. The number of fused-ring (bicyclic) bond motifs is 1. The van der Waals surface area contributed by atoms with E-state index < -0.39 is 12.2 Å². The number of hydrogen-bond donors (Lipinski definition) is 3. The Bertz CT molecular complexity index is 791. The summed E-state index contributed by atoms with van der Waals surface area (Å²) in [4.78, 5) is 16.4. The molecule has 174 valence electrons. The van der Waals surface area contributed by atoms with Gasteiger partial charge in [-0.2, -0.15) is 0 Å². The van der Waals surface area contributed by atoms with Crippen LogP contribution < -0.4 is 10.5 Å². The molecule has 2 heterocycles. The van der Waals surface area contributed by atoms with E-state index >= 15 is 0 Å². The first-order valence-corrected chi connectivity index (χ1v) is 10.9. The number of aliphatic hydroxyl groups is 1. The molecule has 2 atom stereocenters. The van der Waals surface area contributed by atoms with Gasteiger partial charge in [0, 0.05) is 36.3 Å². The van der Waals surface area contributed by atoms with Crippen LogP contribution in [0.15, 0.2) is 24.9 Å². The predicted octanol–water partition coefficient (Wildman–Crippen LogP) is 4.82. The molecule has 1 amide bonds. The number of aromatic nitrogens is 1. The maximum Gasteiger partial charge on any atom is 0.408 e. The van der Waals surface area contributed by atoms with Crippen LogP contribution in [0.1, 0.15) is 90.5 Å². The van der Waals surface area contributed by atoms with Crippen LogP contribution in [0, 0.1) is 5.41 Å². The van der Waals surface area contributed by atoms with Gasteiger partial charge in [0.05, 0.1) is 6.10 Å². The van der Waals surface area contributed by atoms with Crippen LogP contribution in [0.2, 0.25) is 0 Å². The molecule has 1 saturated carbocycles. The number of rotatable bonds is 3. The van der Waals surface area contributed by atoms with E-state index in [9.17, 15) is 9.90 Å². The zero-order valence-electron chi connectivity index (χ0n) is 19.8.